The van der Waals surface area contributed by atoms with Gasteiger partial charge < -0.3 is 11.1 Å². The molecule has 3 nitrogen and oxygen atoms in total. The molecule has 0 aromatic rings. The van der Waals surface area contributed by atoms with Crippen molar-refractivity contribution in [3.8, 4) is 0 Å². The standard InChI is InChI=1S/C17H33N3/c1-20(2)17-15(12-8-4-3-5-9-12)16(18)13-10-6-7-11-14(13)19-17/h12-17,19H,3-11,18H2,1-2H3/p+1. The van der Waals surface area contributed by atoms with Crippen LogP contribution in [0.1, 0.15) is 57.8 Å². The maximum atomic E-state index is 6.85. The van der Waals surface area contributed by atoms with E-state index in [-0.39, 0.29) is 0 Å². The summed E-state index contributed by atoms with van der Waals surface area (Å²) in [6.45, 7) is 0. The molecule has 2 aliphatic carbocycles. The van der Waals surface area contributed by atoms with Crippen molar-refractivity contribution < 1.29 is 5.32 Å². The lowest BCUT2D eigenvalue weighted by atomic mass is 9.65. The molecule has 5 atom stereocenters. The van der Waals surface area contributed by atoms with Crippen LogP contribution in [0.4, 0.5) is 0 Å². The van der Waals surface area contributed by atoms with Crippen LogP contribution < -0.4 is 11.1 Å². The summed E-state index contributed by atoms with van der Waals surface area (Å²) in [5, 5.41) is 2.70. The minimum absolute atomic E-state index is 0.445. The molecule has 0 radical (unpaired) electrons. The van der Waals surface area contributed by atoms with Crippen LogP contribution in [0.2, 0.25) is 0 Å². The molecule has 0 aromatic heterocycles. The smallest absolute Gasteiger partial charge is 0.146 e. The second kappa shape index (κ2) is 6.33. The van der Waals surface area contributed by atoms with Gasteiger partial charge in [0, 0.05) is 17.9 Å². The van der Waals surface area contributed by atoms with Gasteiger partial charge in [-0.05, 0) is 52.1 Å². The van der Waals surface area contributed by atoms with E-state index in [0.717, 1.165) is 17.9 Å². The van der Waals surface area contributed by atoms with Crippen LogP contribution in [0, 0.1) is 17.8 Å². The lowest BCUT2D eigenvalue weighted by molar-refractivity contribution is -0.764. The number of piperidine rings is 1. The fourth-order valence-electron chi connectivity index (χ4n) is 5.43. The van der Waals surface area contributed by atoms with E-state index in [9.17, 15) is 0 Å². The highest BCUT2D eigenvalue weighted by Gasteiger charge is 2.49. The molecule has 4 N–H and O–H groups in total. The molecule has 116 valence electrons. The van der Waals surface area contributed by atoms with Gasteiger partial charge in [-0.3, -0.25) is 4.90 Å². The molecule has 0 aromatic carbocycles. The topological polar surface area (TPSA) is 45.9 Å². The van der Waals surface area contributed by atoms with Crippen LogP contribution in [0.5, 0.6) is 0 Å². The average molecular weight is 280 g/mol. The van der Waals surface area contributed by atoms with Gasteiger partial charge in [0.2, 0.25) is 0 Å². The lowest BCUT2D eigenvalue weighted by Crippen LogP contribution is -3.04. The molecular weight excluding hydrogens is 246 g/mol. The summed E-state index contributed by atoms with van der Waals surface area (Å²) in [6.07, 6.45) is 13.4. The third kappa shape index (κ3) is 2.77. The minimum Gasteiger partial charge on any atom is -0.328 e. The summed E-state index contributed by atoms with van der Waals surface area (Å²) in [5.74, 6) is 2.38. The highest BCUT2D eigenvalue weighted by molar-refractivity contribution is 4.95. The van der Waals surface area contributed by atoms with Crippen molar-refractivity contribution in [1.29, 1.82) is 0 Å². The molecule has 0 amide bonds. The fourth-order valence-corrected chi connectivity index (χ4v) is 5.43. The Kier molecular flexibility index (Phi) is 4.68. The molecule has 1 saturated heterocycles. The Bertz CT molecular complexity index is 311. The SMILES string of the molecule is CN(C)C1[NH2+]C2CCCCC2C(N)C1C1CCCCC1. The van der Waals surface area contributed by atoms with Crippen LogP contribution in [-0.2, 0) is 0 Å². The van der Waals surface area contributed by atoms with Gasteiger partial charge in [-0.2, -0.15) is 0 Å². The molecule has 1 heterocycles. The maximum absolute atomic E-state index is 6.85. The van der Waals surface area contributed by atoms with Crippen LogP contribution in [0.25, 0.3) is 0 Å². The average Bonchev–Trinajstić information content (AvgIpc) is 2.48. The van der Waals surface area contributed by atoms with Crippen LogP contribution in [-0.4, -0.2) is 37.2 Å². The number of hydrogen-bond donors (Lipinski definition) is 2. The van der Waals surface area contributed by atoms with Crippen LogP contribution in [0.3, 0.4) is 0 Å². The first-order chi connectivity index (χ1) is 9.68. The van der Waals surface area contributed by atoms with Gasteiger partial charge in [-0.1, -0.05) is 25.7 Å². The van der Waals surface area contributed by atoms with E-state index in [1.165, 1.54) is 57.8 Å². The summed E-state index contributed by atoms with van der Waals surface area (Å²) in [6, 6.07) is 1.24. The lowest BCUT2D eigenvalue weighted by Gasteiger charge is -2.50. The summed E-state index contributed by atoms with van der Waals surface area (Å²) in [4.78, 5) is 2.45. The Hall–Kier alpha value is -0.120. The first kappa shape index (κ1) is 14.8. The van der Waals surface area contributed by atoms with E-state index in [1.807, 2.05) is 0 Å². The predicted molar refractivity (Wildman–Crippen MR) is 83.2 cm³/mol. The number of nitrogens with zero attached hydrogens (tertiary/aromatic N) is 1. The summed E-state index contributed by atoms with van der Waals surface area (Å²) in [7, 11) is 4.51. The van der Waals surface area contributed by atoms with Gasteiger partial charge in [-0.15, -0.1) is 0 Å². The molecule has 3 aliphatic rings. The molecule has 20 heavy (non-hydrogen) atoms. The number of hydrogen-bond acceptors (Lipinski definition) is 2. The Balaban J connectivity index is 1.79. The van der Waals surface area contributed by atoms with Gasteiger partial charge in [0.25, 0.3) is 0 Å². The van der Waals surface area contributed by atoms with Crippen molar-refractivity contribution in [2.24, 2.45) is 23.5 Å². The van der Waals surface area contributed by atoms with E-state index in [4.69, 9.17) is 5.73 Å². The zero-order valence-corrected chi connectivity index (χ0v) is 13.4. The summed E-state index contributed by atoms with van der Waals surface area (Å²) in [5.41, 5.74) is 6.85. The molecule has 5 unspecified atom stereocenters. The first-order valence-corrected chi connectivity index (χ1v) is 8.95. The number of nitrogens with two attached hydrogens (primary N) is 2. The summed E-state index contributed by atoms with van der Waals surface area (Å²) < 4.78 is 0. The maximum Gasteiger partial charge on any atom is 0.146 e. The highest BCUT2D eigenvalue weighted by Crippen LogP contribution is 2.39. The van der Waals surface area contributed by atoms with E-state index >= 15 is 0 Å². The van der Waals surface area contributed by atoms with Crippen LogP contribution in [0.15, 0.2) is 0 Å². The molecule has 3 heteroatoms. The van der Waals surface area contributed by atoms with Crippen molar-refractivity contribution in [3.05, 3.63) is 0 Å². The van der Waals surface area contributed by atoms with Gasteiger partial charge in [0.15, 0.2) is 0 Å². The Morgan fingerprint density at radius 1 is 0.900 bits per heavy atom. The Labute approximate surface area is 124 Å². The monoisotopic (exact) mass is 280 g/mol. The molecule has 0 spiro atoms. The van der Waals surface area contributed by atoms with E-state index < -0.39 is 0 Å². The Morgan fingerprint density at radius 3 is 2.25 bits per heavy atom. The largest absolute Gasteiger partial charge is 0.328 e. The third-order valence-electron chi connectivity index (χ3n) is 6.44. The normalized spacial score (nSPS) is 43.5. The molecule has 3 rings (SSSR count). The van der Waals surface area contributed by atoms with Crippen molar-refractivity contribution in [2.75, 3.05) is 14.1 Å². The second-order valence-corrected chi connectivity index (χ2v) is 7.81. The number of quaternary nitrogens is 1. The first-order valence-electron chi connectivity index (χ1n) is 8.95. The zero-order valence-electron chi connectivity index (χ0n) is 13.4. The van der Waals surface area contributed by atoms with Gasteiger partial charge >= 0.3 is 0 Å². The third-order valence-corrected chi connectivity index (χ3v) is 6.44. The van der Waals surface area contributed by atoms with Gasteiger partial charge in [-0.25, -0.2) is 0 Å². The van der Waals surface area contributed by atoms with Gasteiger partial charge in [0.1, 0.15) is 6.17 Å². The van der Waals surface area contributed by atoms with E-state index in [0.29, 0.717) is 18.1 Å². The highest BCUT2D eigenvalue weighted by atomic mass is 15.3. The molecule has 3 fully saturated rings. The van der Waals surface area contributed by atoms with E-state index in [1.54, 1.807) is 0 Å². The minimum atomic E-state index is 0.445. The molecule has 1 aliphatic heterocycles. The number of fused-ring (bicyclic) bond motifs is 1. The van der Waals surface area contributed by atoms with Crippen molar-refractivity contribution in [1.82, 2.24) is 4.90 Å². The second-order valence-electron chi connectivity index (χ2n) is 7.81. The summed E-state index contributed by atoms with van der Waals surface area (Å²) >= 11 is 0. The van der Waals surface area contributed by atoms with Crippen molar-refractivity contribution in [2.45, 2.75) is 76.0 Å². The van der Waals surface area contributed by atoms with Crippen molar-refractivity contribution in [3.63, 3.8) is 0 Å². The number of rotatable bonds is 2. The Morgan fingerprint density at radius 2 is 1.55 bits per heavy atom. The van der Waals surface area contributed by atoms with Gasteiger partial charge in [0.05, 0.1) is 6.04 Å². The van der Waals surface area contributed by atoms with E-state index in [2.05, 4.69) is 24.3 Å². The quantitative estimate of drug-likeness (QED) is 0.806. The molecular formula is C17H34N3+. The zero-order chi connectivity index (χ0) is 14.1. The molecule has 2 saturated carbocycles. The predicted octanol–water partition coefficient (Wildman–Crippen LogP) is 1.53. The van der Waals surface area contributed by atoms with Crippen LogP contribution >= 0.6 is 0 Å². The molecule has 0 bridgehead atoms. The van der Waals surface area contributed by atoms with Crippen molar-refractivity contribution >= 4 is 0 Å². The fraction of sp³-hybridized carbons (Fsp3) is 1.00.